The number of benzene rings is 2. The molecule has 2 aromatic carbocycles. The summed E-state index contributed by atoms with van der Waals surface area (Å²) in [6.07, 6.45) is 0. The number of rotatable bonds is 4. The molecule has 2 rings (SSSR count). The molecule has 6 nitrogen and oxygen atoms in total. The van der Waals surface area contributed by atoms with Gasteiger partial charge in [-0.25, -0.2) is 0 Å². The number of phenolic OH excluding ortho intramolecular Hbond substituents is 1. The number of halogens is 2. The van der Waals surface area contributed by atoms with E-state index in [1.807, 2.05) is 0 Å². The van der Waals surface area contributed by atoms with Crippen LogP contribution in [0.3, 0.4) is 0 Å². The standard InChI is InChI=1S/C13H11Br2NO5S/c14-6-11(15)13(18)16-8-2-1-7-3-9(22(19,20)21)5-12(17)10(7)4-8/h1-5,11,17H,6H2,(H,16,18)(H,19,20,21). The lowest BCUT2D eigenvalue weighted by Gasteiger charge is -2.10. The zero-order valence-electron chi connectivity index (χ0n) is 11.0. The van der Waals surface area contributed by atoms with E-state index in [1.165, 1.54) is 18.2 Å². The Balaban J connectivity index is 2.44. The van der Waals surface area contributed by atoms with E-state index in [4.69, 9.17) is 4.55 Å². The number of fused-ring (bicyclic) bond motifs is 1. The molecule has 3 N–H and O–H groups in total. The molecule has 0 fully saturated rings. The minimum Gasteiger partial charge on any atom is -0.507 e. The lowest BCUT2D eigenvalue weighted by Crippen LogP contribution is -2.23. The third-order valence-electron chi connectivity index (χ3n) is 2.89. The number of hydrogen-bond donors (Lipinski definition) is 3. The molecule has 0 heterocycles. The van der Waals surface area contributed by atoms with Crippen molar-refractivity contribution in [3.63, 3.8) is 0 Å². The molecule has 1 unspecified atom stereocenters. The number of alkyl halides is 2. The first-order valence-electron chi connectivity index (χ1n) is 5.97. The average molecular weight is 453 g/mol. The highest BCUT2D eigenvalue weighted by Crippen LogP contribution is 2.31. The van der Waals surface area contributed by atoms with Crippen molar-refractivity contribution >= 4 is 64.3 Å². The van der Waals surface area contributed by atoms with Gasteiger partial charge in [0, 0.05) is 22.5 Å². The van der Waals surface area contributed by atoms with Crippen molar-refractivity contribution in [3.8, 4) is 5.75 Å². The van der Waals surface area contributed by atoms with Gasteiger partial charge in [0.15, 0.2) is 0 Å². The normalized spacial score (nSPS) is 13.0. The summed E-state index contributed by atoms with van der Waals surface area (Å²) in [5.74, 6) is -0.567. The van der Waals surface area contributed by atoms with Gasteiger partial charge in [0.05, 0.1) is 4.90 Å². The van der Waals surface area contributed by atoms with Crippen molar-refractivity contribution in [1.82, 2.24) is 0 Å². The molecule has 1 amide bonds. The van der Waals surface area contributed by atoms with Crippen molar-refractivity contribution in [3.05, 3.63) is 30.3 Å². The van der Waals surface area contributed by atoms with Crippen LogP contribution in [0.4, 0.5) is 5.69 Å². The van der Waals surface area contributed by atoms with Crippen LogP contribution in [0.5, 0.6) is 5.75 Å². The molecule has 0 aliphatic rings. The Morgan fingerprint density at radius 3 is 2.55 bits per heavy atom. The van der Waals surface area contributed by atoms with E-state index >= 15 is 0 Å². The monoisotopic (exact) mass is 451 g/mol. The Labute approximate surface area is 143 Å². The van der Waals surface area contributed by atoms with E-state index in [-0.39, 0.29) is 11.7 Å². The topological polar surface area (TPSA) is 104 Å². The van der Waals surface area contributed by atoms with E-state index in [0.29, 0.717) is 21.8 Å². The number of aromatic hydroxyl groups is 1. The lowest BCUT2D eigenvalue weighted by molar-refractivity contribution is -0.115. The summed E-state index contributed by atoms with van der Waals surface area (Å²) in [5, 5.41) is 13.8. The Morgan fingerprint density at radius 2 is 1.95 bits per heavy atom. The van der Waals surface area contributed by atoms with Crippen LogP contribution in [0.2, 0.25) is 0 Å². The number of carbonyl (C=O) groups is 1. The molecule has 22 heavy (non-hydrogen) atoms. The van der Waals surface area contributed by atoms with Crippen LogP contribution in [0.25, 0.3) is 10.8 Å². The van der Waals surface area contributed by atoms with Crippen LogP contribution in [-0.2, 0) is 14.9 Å². The SMILES string of the molecule is O=C(Nc1ccc2cc(S(=O)(=O)O)cc(O)c2c1)C(Br)CBr. The van der Waals surface area contributed by atoms with Crippen LogP contribution in [0.1, 0.15) is 0 Å². The molecule has 1 atom stereocenters. The Morgan fingerprint density at radius 1 is 1.27 bits per heavy atom. The zero-order valence-corrected chi connectivity index (χ0v) is 14.9. The van der Waals surface area contributed by atoms with Gasteiger partial charge in [-0.3, -0.25) is 9.35 Å². The lowest BCUT2D eigenvalue weighted by atomic mass is 10.1. The summed E-state index contributed by atoms with van der Waals surface area (Å²) < 4.78 is 31.3. The average Bonchev–Trinajstić information content (AvgIpc) is 2.45. The highest BCUT2D eigenvalue weighted by Gasteiger charge is 2.16. The van der Waals surface area contributed by atoms with E-state index < -0.39 is 19.8 Å². The van der Waals surface area contributed by atoms with Crippen LogP contribution in [0.15, 0.2) is 35.2 Å². The third kappa shape index (κ3) is 3.78. The van der Waals surface area contributed by atoms with Gasteiger partial charge in [-0.05, 0) is 23.6 Å². The van der Waals surface area contributed by atoms with E-state index in [2.05, 4.69) is 37.2 Å². The number of amides is 1. The Bertz CT molecular complexity index is 838. The maximum absolute atomic E-state index is 11.8. The highest BCUT2D eigenvalue weighted by atomic mass is 79.9. The number of nitrogens with one attached hydrogen (secondary N) is 1. The maximum Gasteiger partial charge on any atom is 0.294 e. The van der Waals surface area contributed by atoms with Crippen LogP contribution >= 0.6 is 31.9 Å². The number of anilines is 1. The summed E-state index contributed by atoms with van der Waals surface area (Å²) in [4.78, 5) is 11.0. The molecule has 0 radical (unpaired) electrons. The van der Waals surface area contributed by atoms with Gasteiger partial charge in [-0.1, -0.05) is 37.9 Å². The molecule has 2 aromatic rings. The fraction of sp³-hybridized carbons (Fsp3) is 0.154. The Hall–Kier alpha value is -1.16. The van der Waals surface area contributed by atoms with Gasteiger partial charge in [0.2, 0.25) is 5.91 Å². The van der Waals surface area contributed by atoms with Gasteiger partial charge in [-0.2, -0.15) is 8.42 Å². The summed E-state index contributed by atoms with van der Waals surface area (Å²) in [7, 11) is -4.40. The fourth-order valence-electron chi connectivity index (χ4n) is 1.83. The molecule has 0 aliphatic carbocycles. The highest BCUT2D eigenvalue weighted by molar-refractivity contribution is 9.12. The van der Waals surface area contributed by atoms with Crippen LogP contribution in [-0.4, -0.2) is 34.1 Å². The van der Waals surface area contributed by atoms with Crippen molar-refractivity contribution < 1.29 is 22.9 Å². The van der Waals surface area contributed by atoms with E-state index in [9.17, 15) is 18.3 Å². The Kier molecular flexibility index (Phi) is 5.10. The van der Waals surface area contributed by atoms with Crippen LogP contribution < -0.4 is 5.32 Å². The van der Waals surface area contributed by atoms with Gasteiger partial charge in [0.25, 0.3) is 10.1 Å². The number of carbonyl (C=O) groups excluding carboxylic acids is 1. The molecule has 0 aliphatic heterocycles. The summed E-state index contributed by atoms with van der Waals surface area (Å²) in [5.41, 5.74) is 0.456. The molecular formula is C13H11Br2NO5S. The molecule has 0 aromatic heterocycles. The van der Waals surface area contributed by atoms with E-state index in [1.54, 1.807) is 6.07 Å². The zero-order chi connectivity index (χ0) is 16.5. The van der Waals surface area contributed by atoms with Crippen LogP contribution in [0, 0.1) is 0 Å². The molecule has 9 heteroatoms. The van der Waals surface area contributed by atoms with Gasteiger partial charge in [0.1, 0.15) is 10.6 Å². The largest absolute Gasteiger partial charge is 0.507 e. The molecular weight excluding hydrogens is 442 g/mol. The second-order valence-corrected chi connectivity index (χ2v) is 7.64. The third-order valence-corrected chi connectivity index (χ3v) is 5.98. The first-order chi connectivity index (χ1) is 10.2. The molecule has 0 spiro atoms. The molecule has 0 saturated carbocycles. The van der Waals surface area contributed by atoms with Crippen molar-refractivity contribution in [1.29, 1.82) is 0 Å². The van der Waals surface area contributed by atoms with Gasteiger partial charge in [-0.15, -0.1) is 0 Å². The summed E-state index contributed by atoms with van der Waals surface area (Å²) >= 11 is 6.37. The first-order valence-corrected chi connectivity index (χ1v) is 9.45. The first kappa shape index (κ1) is 17.2. The number of hydrogen-bond acceptors (Lipinski definition) is 4. The molecule has 0 bridgehead atoms. The summed E-state index contributed by atoms with van der Waals surface area (Å²) in [6, 6.07) is 6.82. The second-order valence-electron chi connectivity index (χ2n) is 4.46. The number of phenols is 1. The van der Waals surface area contributed by atoms with Gasteiger partial charge >= 0.3 is 0 Å². The van der Waals surface area contributed by atoms with Crippen molar-refractivity contribution in [2.45, 2.75) is 9.72 Å². The quantitative estimate of drug-likeness (QED) is 0.488. The predicted octanol–water partition coefficient (Wildman–Crippen LogP) is 2.89. The predicted molar refractivity (Wildman–Crippen MR) is 90.6 cm³/mol. The minimum atomic E-state index is -4.40. The fourth-order valence-corrected chi connectivity index (χ4v) is 2.77. The van der Waals surface area contributed by atoms with Gasteiger partial charge < -0.3 is 10.4 Å². The van der Waals surface area contributed by atoms with E-state index in [0.717, 1.165) is 6.07 Å². The molecule has 0 saturated heterocycles. The second kappa shape index (κ2) is 6.53. The molecule has 118 valence electrons. The van der Waals surface area contributed by atoms with Crippen molar-refractivity contribution in [2.75, 3.05) is 10.6 Å². The maximum atomic E-state index is 11.8. The van der Waals surface area contributed by atoms with Crippen molar-refractivity contribution in [2.24, 2.45) is 0 Å². The minimum absolute atomic E-state index is 0.259. The summed E-state index contributed by atoms with van der Waals surface area (Å²) in [6.45, 7) is 0. The smallest absolute Gasteiger partial charge is 0.294 e.